The number of furan rings is 1. The summed E-state index contributed by atoms with van der Waals surface area (Å²) in [6.45, 7) is 4.04. The van der Waals surface area contributed by atoms with Crippen molar-refractivity contribution in [2.75, 3.05) is 32.7 Å². The lowest BCUT2D eigenvalue weighted by Gasteiger charge is -2.31. The molecule has 1 aliphatic rings. The zero-order chi connectivity index (χ0) is 19.4. The van der Waals surface area contributed by atoms with Gasteiger partial charge >= 0.3 is 0 Å². The monoisotopic (exact) mass is 412 g/mol. The second-order valence-corrected chi connectivity index (χ2v) is 8.97. The van der Waals surface area contributed by atoms with Crippen LogP contribution in [0.5, 0.6) is 0 Å². The van der Waals surface area contributed by atoms with E-state index in [0.717, 1.165) is 4.90 Å². The summed E-state index contributed by atoms with van der Waals surface area (Å²) in [6.07, 6.45) is 1.57. The number of halogens is 1. The Morgan fingerprint density at radius 3 is 2.67 bits per heavy atom. The van der Waals surface area contributed by atoms with E-state index in [1.165, 1.54) is 10.4 Å². The molecule has 2 heterocycles. The fraction of sp³-hybridized carbons (Fsp3) is 0.389. The number of rotatable bonds is 6. The van der Waals surface area contributed by atoms with E-state index < -0.39 is 10.0 Å². The molecule has 0 unspecified atom stereocenters. The predicted octanol–water partition coefficient (Wildman–Crippen LogP) is 0.700. The molecule has 1 aromatic heterocycles. The highest BCUT2D eigenvalue weighted by Gasteiger charge is 2.31. The Labute approximate surface area is 163 Å². The van der Waals surface area contributed by atoms with Gasteiger partial charge < -0.3 is 14.6 Å². The number of benzene rings is 1. The molecule has 1 fully saturated rings. The van der Waals surface area contributed by atoms with Crippen molar-refractivity contribution in [3.63, 3.8) is 0 Å². The van der Waals surface area contributed by atoms with E-state index in [0.29, 0.717) is 43.5 Å². The van der Waals surface area contributed by atoms with Crippen molar-refractivity contribution < 1.29 is 22.5 Å². The largest absolute Gasteiger partial charge is 0.467 e. The van der Waals surface area contributed by atoms with E-state index in [9.17, 15) is 13.2 Å². The summed E-state index contributed by atoms with van der Waals surface area (Å²) in [5.41, 5.74) is 0. The van der Waals surface area contributed by atoms with Crippen LogP contribution in [-0.2, 0) is 14.8 Å². The summed E-state index contributed by atoms with van der Waals surface area (Å²) in [4.78, 5) is 13.5. The molecule has 1 saturated heterocycles. The number of amides is 1. The number of hydrogen-bond donors (Lipinski definition) is 2. The molecule has 0 spiro atoms. The van der Waals surface area contributed by atoms with Crippen LogP contribution in [0.25, 0.3) is 0 Å². The third-order valence-electron chi connectivity index (χ3n) is 4.62. The second kappa shape index (κ2) is 8.43. The minimum Gasteiger partial charge on any atom is -0.467 e. The fourth-order valence-electron chi connectivity index (χ4n) is 3.12. The molecule has 0 bridgehead atoms. The minimum atomic E-state index is -3.56. The Kier molecular flexibility index (Phi) is 6.21. The molecule has 0 saturated carbocycles. The van der Waals surface area contributed by atoms with Crippen LogP contribution in [0.4, 0.5) is 0 Å². The van der Waals surface area contributed by atoms with Gasteiger partial charge in [0.05, 0.1) is 43.4 Å². The van der Waals surface area contributed by atoms with Gasteiger partial charge in [-0.2, -0.15) is 4.31 Å². The number of sulfonamides is 1. The van der Waals surface area contributed by atoms with Crippen molar-refractivity contribution in [1.82, 2.24) is 9.62 Å². The molecule has 2 aromatic rings. The third kappa shape index (κ3) is 4.90. The lowest BCUT2D eigenvalue weighted by Crippen LogP contribution is -3.15. The summed E-state index contributed by atoms with van der Waals surface area (Å²) in [5, 5.41) is 3.29. The van der Waals surface area contributed by atoms with Crippen LogP contribution in [0, 0.1) is 0 Å². The molecule has 0 radical (unpaired) electrons. The number of quaternary nitrogens is 1. The van der Waals surface area contributed by atoms with Gasteiger partial charge in [0.1, 0.15) is 5.76 Å². The van der Waals surface area contributed by atoms with Crippen LogP contribution >= 0.6 is 11.6 Å². The molecule has 27 heavy (non-hydrogen) atoms. The van der Waals surface area contributed by atoms with Gasteiger partial charge in [-0.3, -0.25) is 4.79 Å². The van der Waals surface area contributed by atoms with E-state index in [1.54, 1.807) is 30.5 Å². The van der Waals surface area contributed by atoms with Crippen molar-refractivity contribution in [1.29, 1.82) is 0 Å². The molecule has 1 aromatic carbocycles. The smallest absolute Gasteiger partial charge is 0.275 e. The summed E-state index contributed by atoms with van der Waals surface area (Å²) in [5.74, 6) is 0.621. The molecule has 9 heteroatoms. The van der Waals surface area contributed by atoms with Crippen LogP contribution in [-0.4, -0.2) is 51.4 Å². The second-order valence-electron chi connectivity index (χ2n) is 6.59. The highest BCUT2D eigenvalue weighted by molar-refractivity contribution is 7.89. The number of carbonyl (C=O) groups is 1. The van der Waals surface area contributed by atoms with E-state index in [2.05, 4.69) is 5.32 Å². The highest BCUT2D eigenvalue weighted by atomic mass is 35.5. The van der Waals surface area contributed by atoms with Gasteiger partial charge in [-0.1, -0.05) is 17.7 Å². The van der Waals surface area contributed by atoms with E-state index >= 15 is 0 Å². The topological polar surface area (TPSA) is 84.1 Å². The van der Waals surface area contributed by atoms with E-state index in [-0.39, 0.29) is 16.8 Å². The third-order valence-corrected chi connectivity index (χ3v) is 6.75. The van der Waals surface area contributed by atoms with Crippen molar-refractivity contribution in [2.45, 2.75) is 17.9 Å². The average molecular weight is 413 g/mol. The normalized spacial score (nSPS) is 17.6. The molecule has 3 rings (SSSR count). The minimum absolute atomic E-state index is 0.0833. The zero-order valence-electron chi connectivity index (χ0n) is 15.0. The summed E-state index contributed by atoms with van der Waals surface area (Å²) >= 11 is 5.91. The van der Waals surface area contributed by atoms with Gasteiger partial charge in [0.25, 0.3) is 5.91 Å². The highest BCUT2D eigenvalue weighted by Crippen LogP contribution is 2.19. The SMILES string of the molecule is C[C@H](NC(=O)C[NH+]1CCN(S(=O)(=O)c2cccc(Cl)c2)CC1)c1ccco1. The Bertz CT molecular complexity index is 878. The molecule has 0 aliphatic carbocycles. The van der Waals surface area contributed by atoms with Crippen molar-refractivity contribution in [3.8, 4) is 0 Å². The zero-order valence-corrected chi connectivity index (χ0v) is 16.6. The summed E-state index contributed by atoms with van der Waals surface area (Å²) in [7, 11) is -3.56. The van der Waals surface area contributed by atoms with Gasteiger partial charge in [0, 0.05) is 5.02 Å². The predicted molar refractivity (Wildman–Crippen MR) is 101 cm³/mol. The van der Waals surface area contributed by atoms with E-state index in [4.69, 9.17) is 16.0 Å². The van der Waals surface area contributed by atoms with Gasteiger partial charge in [-0.05, 0) is 37.3 Å². The van der Waals surface area contributed by atoms with Crippen LogP contribution in [0.1, 0.15) is 18.7 Å². The number of nitrogens with one attached hydrogen (secondary N) is 2. The first kappa shape index (κ1) is 19.9. The maximum Gasteiger partial charge on any atom is 0.275 e. The summed E-state index contributed by atoms with van der Waals surface area (Å²) < 4.78 is 32.2. The Balaban J connectivity index is 1.52. The molecular formula is C18H23ClN3O4S+. The fourth-order valence-corrected chi connectivity index (χ4v) is 4.87. The van der Waals surface area contributed by atoms with Crippen molar-refractivity contribution >= 4 is 27.5 Å². The van der Waals surface area contributed by atoms with Crippen LogP contribution < -0.4 is 10.2 Å². The van der Waals surface area contributed by atoms with Crippen LogP contribution in [0.3, 0.4) is 0 Å². The molecule has 146 valence electrons. The first-order chi connectivity index (χ1) is 12.9. The Hall–Kier alpha value is -1.87. The summed E-state index contributed by atoms with van der Waals surface area (Å²) in [6, 6.07) is 9.67. The lowest BCUT2D eigenvalue weighted by atomic mass is 10.2. The Morgan fingerprint density at radius 2 is 2.04 bits per heavy atom. The van der Waals surface area contributed by atoms with Gasteiger partial charge in [0.2, 0.25) is 10.0 Å². The number of hydrogen-bond acceptors (Lipinski definition) is 4. The maximum absolute atomic E-state index is 12.7. The molecule has 2 N–H and O–H groups in total. The maximum atomic E-state index is 12.7. The van der Waals surface area contributed by atoms with Gasteiger partial charge in [-0.25, -0.2) is 8.42 Å². The van der Waals surface area contributed by atoms with Crippen molar-refractivity contribution in [3.05, 3.63) is 53.4 Å². The van der Waals surface area contributed by atoms with Gasteiger partial charge in [-0.15, -0.1) is 0 Å². The molecule has 1 aliphatic heterocycles. The van der Waals surface area contributed by atoms with Gasteiger partial charge in [0.15, 0.2) is 6.54 Å². The first-order valence-corrected chi connectivity index (χ1v) is 10.6. The van der Waals surface area contributed by atoms with Crippen molar-refractivity contribution in [2.24, 2.45) is 0 Å². The molecule has 7 nitrogen and oxygen atoms in total. The first-order valence-electron chi connectivity index (χ1n) is 8.78. The Morgan fingerprint density at radius 1 is 1.30 bits per heavy atom. The van der Waals surface area contributed by atoms with Crippen LogP contribution in [0.2, 0.25) is 5.02 Å². The standard InChI is InChI=1S/C18H22ClN3O4S/c1-14(17-6-3-11-26-17)20-18(23)13-21-7-9-22(10-8-21)27(24,25)16-5-2-4-15(19)12-16/h2-6,11-12,14H,7-10,13H2,1H3,(H,20,23)/p+1/t14-/m0/s1. The number of nitrogens with zero attached hydrogens (tertiary/aromatic N) is 1. The molecule has 1 amide bonds. The van der Waals surface area contributed by atoms with E-state index in [1.807, 2.05) is 13.0 Å². The average Bonchev–Trinajstić information content (AvgIpc) is 3.17. The molecular weight excluding hydrogens is 390 g/mol. The lowest BCUT2D eigenvalue weighted by molar-refractivity contribution is -0.895. The molecule has 1 atom stereocenters. The number of piperazine rings is 1. The van der Waals surface area contributed by atoms with Crippen LogP contribution in [0.15, 0.2) is 52.0 Å². The quantitative estimate of drug-likeness (QED) is 0.731. The number of carbonyl (C=O) groups excluding carboxylic acids is 1.